The van der Waals surface area contributed by atoms with Gasteiger partial charge in [0, 0.05) is 11.5 Å². The lowest BCUT2D eigenvalue weighted by atomic mass is 10.0. The molecule has 1 aromatic heterocycles. The Kier molecular flexibility index (Phi) is 1.81. The van der Waals surface area contributed by atoms with Crippen molar-refractivity contribution < 1.29 is 5.11 Å². The first-order valence-corrected chi connectivity index (χ1v) is 4.42. The smallest absolute Gasteiger partial charge is 0.252 e. The maximum absolute atomic E-state index is 11.1. The Morgan fingerprint density at radius 3 is 2.71 bits per heavy atom. The fourth-order valence-corrected chi connectivity index (χ4v) is 1.62. The highest BCUT2D eigenvalue weighted by Gasteiger charge is 2.06. The van der Waals surface area contributed by atoms with Crippen molar-refractivity contribution in [1.82, 2.24) is 4.98 Å². The number of benzene rings is 1. The molecule has 1 heterocycles. The van der Waals surface area contributed by atoms with Crippen LogP contribution in [0.2, 0.25) is 0 Å². The van der Waals surface area contributed by atoms with Crippen molar-refractivity contribution in [3.05, 3.63) is 39.7 Å². The Labute approximate surface area is 81.0 Å². The van der Waals surface area contributed by atoms with Crippen LogP contribution in [-0.2, 0) is 0 Å². The number of hydrogen-bond donors (Lipinski definition) is 2. The summed E-state index contributed by atoms with van der Waals surface area (Å²) in [6.07, 6.45) is 0. The van der Waals surface area contributed by atoms with Gasteiger partial charge in [0.1, 0.15) is 5.75 Å². The van der Waals surface area contributed by atoms with Gasteiger partial charge < -0.3 is 10.1 Å². The highest BCUT2D eigenvalue weighted by molar-refractivity contribution is 5.88. The lowest BCUT2D eigenvalue weighted by Crippen LogP contribution is -2.03. The molecule has 72 valence electrons. The van der Waals surface area contributed by atoms with E-state index in [1.54, 1.807) is 6.07 Å². The number of fused-ring (bicyclic) bond motifs is 1. The van der Waals surface area contributed by atoms with Crippen molar-refractivity contribution in [2.75, 3.05) is 0 Å². The lowest BCUT2D eigenvalue weighted by molar-refractivity contribution is 0.480. The summed E-state index contributed by atoms with van der Waals surface area (Å²) in [4.78, 5) is 13.8. The Hall–Kier alpha value is -1.77. The van der Waals surface area contributed by atoms with Gasteiger partial charge >= 0.3 is 0 Å². The van der Waals surface area contributed by atoms with Crippen LogP contribution in [-0.4, -0.2) is 10.1 Å². The van der Waals surface area contributed by atoms with Gasteiger partial charge in [-0.2, -0.15) is 0 Å². The molecule has 0 aliphatic heterocycles. The molecule has 3 nitrogen and oxygen atoms in total. The van der Waals surface area contributed by atoms with Crippen LogP contribution in [0.5, 0.6) is 5.75 Å². The molecule has 0 fully saturated rings. The molecule has 0 unspecified atom stereocenters. The van der Waals surface area contributed by atoms with Crippen LogP contribution in [0, 0.1) is 13.8 Å². The van der Waals surface area contributed by atoms with Gasteiger partial charge in [0.15, 0.2) is 0 Å². The molecule has 2 rings (SSSR count). The van der Waals surface area contributed by atoms with Crippen LogP contribution < -0.4 is 5.56 Å². The van der Waals surface area contributed by atoms with Gasteiger partial charge in [-0.3, -0.25) is 4.79 Å². The van der Waals surface area contributed by atoms with E-state index in [4.69, 9.17) is 0 Å². The number of aromatic amines is 1. The summed E-state index contributed by atoms with van der Waals surface area (Å²) in [5.41, 5.74) is 2.49. The van der Waals surface area contributed by atoms with Crippen molar-refractivity contribution in [2.45, 2.75) is 13.8 Å². The largest absolute Gasteiger partial charge is 0.507 e. The van der Waals surface area contributed by atoms with Crippen LogP contribution in [0.15, 0.2) is 23.0 Å². The number of pyridine rings is 1. The van der Waals surface area contributed by atoms with Gasteiger partial charge in [0.05, 0.1) is 5.52 Å². The average molecular weight is 189 g/mol. The molecule has 0 bridgehead atoms. The minimum atomic E-state index is -0.279. The van der Waals surface area contributed by atoms with E-state index in [9.17, 15) is 9.90 Å². The number of aromatic hydroxyl groups is 1. The van der Waals surface area contributed by atoms with E-state index in [-0.39, 0.29) is 11.3 Å². The van der Waals surface area contributed by atoms with E-state index in [2.05, 4.69) is 4.98 Å². The van der Waals surface area contributed by atoms with Crippen LogP contribution in [0.1, 0.15) is 11.1 Å². The zero-order chi connectivity index (χ0) is 10.3. The normalized spacial score (nSPS) is 10.7. The third-order valence-electron chi connectivity index (χ3n) is 2.52. The van der Waals surface area contributed by atoms with E-state index in [0.717, 1.165) is 16.5 Å². The molecule has 2 aromatic rings. The van der Waals surface area contributed by atoms with Crippen LogP contribution >= 0.6 is 0 Å². The van der Waals surface area contributed by atoms with E-state index in [1.807, 2.05) is 19.9 Å². The summed E-state index contributed by atoms with van der Waals surface area (Å²) in [5.74, 6) is 0.0463. The molecular weight excluding hydrogens is 178 g/mol. The van der Waals surface area contributed by atoms with Crippen molar-refractivity contribution in [3.63, 3.8) is 0 Å². The summed E-state index contributed by atoms with van der Waals surface area (Å²) in [6.45, 7) is 3.90. The summed E-state index contributed by atoms with van der Waals surface area (Å²) < 4.78 is 0. The van der Waals surface area contributed by atoms with Crippen LogP contribution in [0.25, 0.3) is 10.9 Å². The predicted octanol–water partition coefficient (Wildman–Crippen LogP) is 1.85. The first-order chi connectivity index (χ1) is 6.59. The SMILES string of the molecule is Cc1ccc2[nH]c(=O)cc(O)c2c1C. The van der Waals surface area contributed by atoms with E-state index in [0.29, 0.717) is 5.52 Å². The van der Waals surface area contributed by atoms with Gasteiger partial charge in [-0.05, 0) is 31.0 Å². The molecule has 2 N–H and O–H groups in total. The average Bonchev–Trinajstić information content (AvgIpc) is 2.10. The van der Waals surface area contributed by atoms with Crippen molar-refractivity contribution in [2.24, 2.45) is 0 Å². The molecule has 0 amide bonds. The number of rotatable bonds is 0. The van der Waals surface area contributed by atoms with Gasteiger partial charge in [0.25, 0.3) is 5.56 Å². The Morgan fingerprint density at radius 2 is 2.00 bits per heavy atom. The van der Waals surface area contributed by atoms with Gasteiger partial charge in [-0.25, -0.2) is 0 Å². The van der Waals surface area contributed by atoms with Gasteiger partial charge in [-0.15, -0.1) is 0 Å². The molecule has 0 aliphatic carbocycles. The van der Waals surface area contributed by atoms with Crippen molar-refractivity contribution in [1.29, 1.82) is 0 Å². The molecule has 14 heavy (non-hydrogen) atoms. The molecule has 0 spiro atoms. The van der Waals surface area contributed by atoms with E-state index in [1.165, 1.54) is 6.07 Å². The summed E-state index contributed by atoms with van der Waals surface area (Å²) in [6, 6.07) is 4.93. The fraction of sp³-hybridized carbons (Fsp3) is 0.182. The summed E-state index contributed by atoms with van der Waals surface area (Å²) >= 11 is 0. The Balaban J connectivity index is 3.03. The first kappa shape index (κ1) is 8.81. The zero-order valence-electron chi connectivity index (χ0n) is 8.09. The second kappa shape index (κ2) is 2.87. The summed E-state index contributed by atoms with van der Waals surface area (Å²) in [7, 11) is 0. The lowest BCUT2D eigenvalue weighted by Gasteiger charge is -2.06. The predicted molar refractivity (Wildman–Crippen MR) is 55.7 cm³/mol. The Bertz CT molecular complexity index is 555. The minimum absolute atomic E-state index is 0.0463. The number of H-pyrrole nitrogens is 1. The molecule has 1 aromatic carbocycles. The van der Waals surface area contributed by atoms with Crippen LogP contribution in [0.4, 0.5) is 0 Å². The second-order valence-corrected chi connectivity index (χ2v) is 3.45. The van der Waals surface area contributed by atoms with Crippen molar-refractivity contribution >= 4 is 10.9 Å². The molecule has 3 heteroatoms. The van der Waals surface area contributed by atoms with E-state index < -0.39 is 0 Å². The second-order valence-electron chi connectivity index (χ2n) is 3.45. The highest BCUT2D eigenvalue weighted by Crippen LogP contribution is 2.26. The fourth-order valence-electron chi connectivity index (χ4n) is 1.62. The molecule has 0 radical (unpaired) electrons. The third kappa shape index (κ3) is 1.18. The zero-order valence-corrected chi connectivity index (χ0v) is 8.09. The first-order valence-electron chi connectivity index (χ1n) is 4.42. The third-order valence-corrected chi connectivity index (χ3v) is 2.52. The standard InChI is InChI=1S/C11H11NO2/c1-6-3-4-8-11(7(6)2)9(13)5-10(14)12-8/h3-5H,1-2H3,(H2,12,13,14). The molecular formula is C11H11NO2. The Morgan fingerprint density at radius 1 is 1.29 bits per heavy atom. The van der Waals surface area contributed by atoms with E-state index >= 15 is 0 Å². The number of hydrogen-bond acceptors (Lipinski definition) is 2. The number of nitrogens with one attached hydrogen (secondary N) is 1. The number of aromatic nitrogens is 1. The van der Waals surface area contributed by atoms with Gasteiger partial charge in [-0.1, -0.05) is 6.07 Å². The van der Waals surface area contributed by atoms with Crippen molar-refractivity contribution in [3.8, 4) is 5.75 Å². The monoisotopic (exact) mass is 189 g/mol. The maximum Gasteiger partial charge on any atom is 0.252 e. The highest BCUT2D eigenvalue weighted by atomic mass is 16.3. The number of aryl methyl sites for hydroxylation is 2. The van der Waals surface area contributed by atoms with Crippen LogP contribution in [0.3, 0.4) is 0 Å². The van der Waals surface area contributed by atoms with Gasteiger partial charge in [0.2, 0.25) is 0 Å². The maximum atomic E-state index is 11.1. The molecule has 0 aliphatic rings. The topological polar surface area (TPSA) is 53.1 Å². The summed E-state index contributed by atoms with van der Waals surface area (Å²) in [5, 5.41) is 10.4. The molecule has 0 saturated heterocycles. The minimum Gasteiger partial charge on any atom is -0.507 e. The quantitative estimate of drug-likeness (QED) is 0.664. The molecule has 0 saturated carbocycles. The molecule has 0 atom stereocenters.